The van der Waals surface area contributed by atoms with Crippen molar-refractivity contribution in [3.8, 4) is 0 Å². The summed E-state index contributed by atoms with van der Waals surface area (Å²) in [7, 11) is 0. The Balaban J connectivity index is 1.68. The minimum atomic E-state index is -1.21. The highest BCUT2D eigenvalue weighted by Gasteiger charge is 2.64. The fraction of sp³-hybridized carbons (Fsp3) is 0.595. The molecule has 0 saturated heterocycles. The Morgan fingerprint density at radius 3 is 2.47 bits per heavy atom. The van der Waals surface area contributed by atoms with E-state index in [0.717, 1.165) is 66.4 Å². The van der Waals surface area contributed by atoms with Gasteiger partial charge in [0, 0.05) is 17.8 Å². The lowest BCUT2D eigenvalue weighted by atomic mass is 9.52. The van der Waals surface area contributed by atoms with Crippen LogP contribution in [0.25, 0.3) is 0 Å². The number of aliphatic hydroxyl groups excluding tert-OH is 2. The van der Waals surface area contributed by atoms with Crippen LogP contribution in [-0.4, -0.2) is 50.1 Å². The molecule has 1 aromatic rings. The maximum Gasteiger partial charge on any atom is 0.162 e. The summed E-state index contributed by atoms with van der Waals surface area (Å²) < 4.78 is 0. The van der Waals surface area contributed by atoms with E-state index in [1.54, 1.807) is 0 Å². The maximum atomic E-state index is 13.9. The van der Waals surface area contributed by atoms with Crippen molar-refractivity contribution < 1.29 is 25.2 Å². The van der Waals surface area contributed by atoms with Crippen LogP contribution in [0.3, 0.4) is 0 Å². The topological polar surface area (TPSA) is 150 Å². The number of benzene rings is 1. The standard InChI is InChI=1S/C42H62N2O5/c1-28(2)11-8-12-29(3)13-9-16-33(27-45)35-18-24-42(38(35)47)36(19-23-41(49)20-6-7-21-41)34(17-22-40(42,5)48)30(4)37(46)26-31-14-10-15-32(25-31)39(43)44/h9-11,13-16,25,35-36,38-39,45,47-49H,3,6-8,12,17-24,26-27,43-44H2,1-2,4-5H3. The molecule has 0 aliphatic heterocycles. The summed E-state index contributed by atoms with van der Waals surface area (Å²) in [6.07, 6.45) is 15.0. The highest BCUT2D eigenvalue weighted by molar-refractivity contribution is 5.97. The van der Waals surface area contributed by atoms with E-state index in [1.165, 1.54) is 5.57 Å². The number of ketones is 1. The average Bonchev–Trinajstić information content (AvgIpc) is 3.64. The summed E-state index contributed by atoms with van der Waals surface area (Å²) in [5.74, 6) is -0.663. The molecule has 49 heavy (non-hydrogen) atoms. The van der Waals surface area contributed by atoms with Gasteiger partial charge in [0.1, 0.15) is 0 Å². The van der Waals surface area contributed by atoms with Gasteiger partial charge in [-0.3, -0.25) is 4.79 Å². The zero-order valence-electron chi connectivity index (χ0n) is 30.4. The van der Waals surface area contributed by atoms with Crippen LogP contribution in [0.5, 0.6) is 0 Å². The van der Waals surface area contributed by atoms with Crippen LogP contribution in [-0.2, 0) is 11.2 Å². The number of Topliss-reactive ketones (excluding diaryl/α,β-unsaturated/α-hetero) is 1. The smallest absolute Gasteiger partial charge is 0.162 e. The van der Waals surface area contributed by atoms with Gasteiger partial charge in [-0.1, -0.05) is 84.7 Å². The van der Waals surface area contributed by atoms with Gasteiger partial charge in [-0.05, 0) is 120 Å². The van der Waals surface area contributed by atoms with Gasteiger partial charge in [0.05, 0.1) is 30.1 Å². The average molecular weight is 675 g/mol. The van der Waals surface area contributed by atoms with Crippen molar-refractivity contribution >= 4 is 5.78 Å². The van der Waals surface area contributed by atoms with E-state index in [-0.39, 0.29) is 30.6 Å². The van der Waals surface area contributed by atoms with Crippen molar-refractivity contribution in [3.63, 3.8) is 0 Å². The number of aliphatic hydroxyl groups is 4. The molecular formula is C42H62N2O5. The van der Waals surface area contributed by atoms with Crippen LogP contribution >= 0.6 is 0 Å². The SMILES string of the molecule is C=C(C=CC=C(CO)C1CCC2(C(CCC3(O)CCCC3)C(=C(C)C(=O)Cc3cccc(C(N)N)c3)CCC2(C)O)C1O)CCC=C(C)C. The molecule has 5 atom stereocenters. The van der Waals surface area contributed by atoms with E-state index in [0.29, 0.717) is 44.1 Å². The van der Waals surface area contributed by atoms with Gasteiger partial charge in [0.15, 0.2) is 5.78 Å². The summed E-state index contributed by atoms with van der Waals surface area (Å²) in [4.78, 5) is 13.9. The predicted molar refractivity (Wildman–Crippen MR) is 198 cm³/mol. The molecule has 7 nitrogen and oxygen atoms in total. The second kappa shape index (κ2) is 16.6. The van der Waals surface area contributed by atoms with Crippen LogP contribution in [0.2, 0.25) is 0 Å². The van der Waals surface area contributed by atoms with Crippen LogP contribution in [0, 0.1) is 17.3 Å². The fourth-order valence-corrected chi connectivity index (χ4v) is 9.10. The van der Waals surface area contributed by atoms with Gasteiger partial charge in [0.25, 0.3) is 0 Å². The zero-order chi connectivity index (χ0) is 36.0. The van der Waals surface area contributed by atoms with E-state index in [1.807, 2.05) is 56.3 Å². The summed E-state index contributed by atoms with van der Waals surface area (Å²) in [6, 6.07) is 7.50. The molecule has 0 radical (unpaired) electrons. The third-order valence-electron chi connectivity index (χ3n) is 12.1. The monoisotopic (exact) mass is 674 g/mol. The second-order valence-electron chi connectivity index (χ2n) is 15.7. The first-order valence-electron chi connectivity index (χ1n) is 18.4. The Bertz CT molecular complexity index is 1460. The molecule has 7 heteroatoms. The molecule has 0 bridgehead atoms. The zero-order valence-corrected chi connectivity index (χ0v) is 30.4. The number of carbonyl (C=O) groups is 1. The molecule has 1 spiro atoms. The van der Waals surface area contributed by atoms with Gasteiger partial charge < -0.3 is 31.9 Å². The Morgan fingerprint density at radius 1 is 1.10 bits per heavy atom. The molecular weight excluding hydrogens is 612 g/mol. The van der Waals surface area contributed by atoms with Crippen molar-refractivity contribution in [1.82, 2.24) is 0 Å². The summed E-state index contributed by atoms with van der Waals surface area (Å²) in [5.41, 5.74) is 15.1. The van der Waals surface area contributed by atoms with Crippen LogP contribution in [0.4, 0.5) is 0 Å². The van der Waals surface area contributed by atoms with E-state index in [4.69, 9.17) is 11.5 Å². The lowest BCUT2D eigenvalue weighted by Crippen LogP contribution is -2.59. The number of nitrogens with two attached hydrogens (primary N) is 2. The highest BCUT2D eigenvalue weighted by Crippen LogP contribution is 2.63. The maximum absolute atomic E-state index is 13.9. The lowest BCUT2D eigenvalue weighted by molar-refractivity contribution is -0.169. The number of hydrogen-bond acceptors (Lipinski definition) is 7. The molecule has 5 unspecified atom stereocenters. The highest BCUT2D eigenvalue weighted by atomic mass is 16.3. The minimum Gasteiger partial charge on any atom is -0.392 e. The molecule has 4 rings (SSSR count). The van der Waals surface area contributed by atoms with Crippen LogP contribution in [0.1, 0.15) is 122 Å². The number of hydrogen-bond donors (Lipinski definition) is 6. The van der Waals surface area contributed by atoms with Crippen molar-refractivity contribution in [2.75, 3.05) is 6.61 Å². The molecule has 0 amide bonds. The summed E-state index contributed by atoms with van der Waals surface area (Å²) >= 11 is 0. The van der Waals surface area contributed by atoms with Crippen molar-refractivity contribution in [1.29, 1.82) is 0 Å². The first-order valence-corrected chi connectivity index (χ1v) is 18.4. The first-order chi connectivity index (χ1) is 23.1. The minimum absolute atomic E-state index is 0.00560. The number of allylic oxidation sites excluding steroid dienone is 8. The van der Waals surface area contributed by atoms with E-state index in [9.17, 15) is 25.2 Å². The Labute approximate surface area is 294 Å². The lowest BCUT2D eigenvalue weighted by Gasteiger charge is -2.56. The van der Waals surface area contributed by atoms with E-state index in [2.05, 4.69) is 26.5 Å². The summed E-state index contributed by atoms with van der Waals surface area (Å²) in [6.45, 7) is 11.8. The molecule has 0 aromatic heterocycles. The number of rotatable bonds is 14. The fourth-order valence-electron chi connectivity index (χ4n) is 9.10. The molecule has 8 N–H and O–H groups in total. The quantitative estimate of drug-likeness (QED) is 0.0549. The van der Waals surface area contributed by atoms with Gasteiger partial charge >= 0.3 is 0 Å². The van der Waals surface area contributed by atoms with Crippen LogP contribution in [0.15, 0.2) is 83.0 Å². The molecule has 3 aliphatic carbocycles. The first kappa shape index (κ1) is 39.1. The largest absolute Gasteiger partial charge is 0.392 e. The van der Waals surface area contributed by atoms with Gasteiger partial charge in [-0.15, -0.1) is 0 Å². The third kappa shape index (κ3) is 8.99. The van der Waals surface area contributed by atoms with Gasteiger partial charge in [0.2, 0.25) is 0 Å². The van der Waals surface area contributed by atoms with E-state index < -0.39 is 28.9 Å². The van der Waals surface area contributed by atoms with Crippen LogP contribution < -0.4 is 11.5 Å². The summed E-state index contributed by atoms with van der Waals surface area (Å²) in [5, 5.41) is 46.7. The molecule has 1 aromatic carbocycles. The Hall–Kier alpha value is -2.65. The van der Waals surface area contributed by atoms with Gasteiger partial charge in [-0.2, -0.15) is 0 Å². The van der Waals surface area contributed by atoms with Crippen molar-refractivity contribution in [3.05, 3.63) is 94.1 Å². The van der Waals surface area contributed by atoms with E-state index >= 15 is 0 Å². The third-order valence-corrected chi connectivity index (χ3v) is 12.1. The molecule has 3 saturated carbocycles. The Kier molecular flexibility index (Phi) is 13.2. The number of carbonyl (C=O) groups excluding carboxylic acids is 1. The normalized spacial score (nSPS) is 29.6. The van der Waals surface area contributed by atoms with Crippen molar-refractivity contribution in [2.24, 2.45) is 28.7 Å². The molecule has 270 valence electrons. The van der Waals surface area contributed by atoms with Gasteiger partial charge in [-0.25, -0.2) is 0 Å². The molecule has 3 fully saturated rings. The molecule has 0 heterocycles. The van der Waals surface area contributed by atoms with Crippen molar-refractivity contribution in [2.45, 2.75) is 135 Å². The molecule has 3 aliphatic rings. The Morgan fingerprint density at radius 2 is 1.82 bits per heavy atom. The predicted octanol–water partition coefficient (Wildman–Crippen LogP) is 6.81. The second-order valence-corrected chi connectivity index (χ2v) is 15.7.